The summed E-state index contributed by atoms with van der Waals surface area (Å²) in [6.45, 7) is 1.93. The molecule has 0 aliphatic carbocycles. The summed E-state index contributed by atoms with van der Waals surface area (Å²) >= 11 is 0. The number of nitrogens with zero attached hydrogens (tertiary/aromatic N) is 1. The van der Waals surface area contributed by atoms with Crippen molar-refractivity contribution >= 4 is 21.6 Å². The third-order valence-corrected chi connectivity index (χ3v) is 6.48. The number of rotatable bonds is 8. The number of amides is 1. The molecule has 3 rings (SSSR count). The fraction of sp³-hybridized carbons (Fsp3) is 0.208. The van der Waals surface area contributed by atoms with E-state index in [1.165, 1.54) is 31.2 Å². The number of likely N-dealkylation sites (N-methyl/N-ethyl adjacent to an activating group) is 1. The maximum atomic E-state index is 13.4. The number of halogens is 1. The third kappa shape index (κ3) is 5.72. The fourth-order valence-electron chi connectivity index (χ4n) is 3.25. The Morgan fingerprint density at radius 1 is 1.00 bits per heavy atom. The lowest BCUT2D eigenvalue weighted by atomic mass is 10.1. The number of sulfonamides is 1. The van der Waals surface area contributed by atoms with Crippen LogP contribution in [0, 0.1) is 12.7 Å². The van der Waals surface area contributed by atoms with Crippen molar-refractivity contribution in [2.75, 3.05) is 25.4 Å². The standard InChI is InChI=1S/C24H26FN3O3S/c1-17-15-21(13-14-22(17)25)32(30,31)27-20-11-9-19(10-12-20)24(29)26-16-23(28(2)3)18-7-5-4-6-8-18/h4-15,23,27H,16H2,1-3H3,(H,26,29). The van der Waals surface area contributed by atoms with Crippen molar-refractivity contribution in [1.82, 2.24) is 10.2 Å². The number of carbonyl (C=O) groups excluding carboxylic acids is 1. The van der Waals surface area contributed by atoms with Crippen molar-refractivity contribution in [3.05, 3.63) is 95.3 Å². The molecule has 32 heavy (non-hydrogen) atoms. The van der Waals surface area contributed by atoms with Gasteiger partial charge in [0, 0.05) is 17.8 Å². The largest absolute Gasteiger partial charge is 0.350 e. The maximum Gasteiger partial charge on any atom is 0.261 e. The van der Waals surface area contributed by atoms with E-state index in [1.54, 1.807) is 12.1 Å². The van der Waals surface area contributed by atoms with E-state index in [0.29, 0.717) is 17.8 Å². The lowest BCUT2D eigenvalue weighted by Gasteiger charge is -2.25. The zero-order valence-corrected chi connectivity index (χ0v) is 19.0. The Bertz CT molecular complexity index is 1180. The number of aryl methyl sites for hydroxylation is 1. The molecular weight excluding hydrogens is 429 g/mol. The summed E-state index contributed by atoms with van der Waals surface area (Å²) < 4.78 is 41.0. The molecule has 1 unspecified atom stereocenters. The van der Waals surface area contributed by atoms with Crippen LogP contribution in [-0.2, 0) is 10.0 Å². The normalized spacial score (nSPS) is 12.4. The van der Waals surface area contributed by atoms with Gasteiger partial charge in [-0.05, 0) is 74.6 Å². The smallest absolute Gasteiger partial charge is 0.261 e. The summed E-state index contributed by atoms with van der Waals surface area (Å²) in [6.07, 6.45) is 0. The van der Waals surface area contributed by atoms with Gasteiger partial charge in [-0.1, -0.05) is 30.3 Å². The van der Waals surface area contributed by atoms with Crippen molar-refractivity contribution in [1.29, 1.82) is 0 Å². The Balaban J connectivity index is 1.65. The summed E-state index contributed by atoms with van der Waals surface area (Å²) in [5.41, 5.74) is 2.06. The monoisotopic (exact) mass is 455 g/mol. The lowest BCUT2D eigenvalue weighted by Crippen LogP contribution is -2.34. The first kappa shape index (κ1) is 23.4. The highest BCUT2D eigenvalue weighted by Gasteiger charge is 2.17. The van der Waals surface area contributed by atoms with Crippen LogP contribution in [0.2, 0.25) is 0 Å². The van der Waals surface area contributed by atoms with E-state index in [2.05, 4.69) is 10.0 Å². The molecule has 0 bridgehead atoms. The van der Waals surface area contributed by atoms with E-state index in [1.807, 2.05) is 49.3 Å². The molecule has 1 atom stereocenters. The van der Waals surface area contributed by atoms with Gasteiger partial charge in [0.05, 0.1) is 10.9 Å². The van der Waals surface area contributed by atoms with Crippen LogP contribution in [0.5, 0.6) is 0 Å². The molecular formula is C24H26FN3O3S. The highest BCUT2D eigenvalue weighted by atomic mass is 32.2. The topological polar surface area (TPSA) is 78.5 Å². The minimum Gasteiger partial charge on any atom is -0.350 e. The number of carbonyl (C=O) groups is 1. The molecule has 0 saturated carbocycles. The Morgan fingerprint density at radius 2 is 1.66 bits per heavy atom. The van der Waals surface area contributed by atoms with Crippen LogP contribution in [0.4, 0.5) is 10.1 Å². The molecule has 0 heterocycles. The van der Waals surface area contributed by atoms with Gasteiger partial charge >= 0.3 is 0 Å². The Hall–Kier alpha value is -3.23. The van der Waals surface area contributed by atoms with Crippen molar-refractivity contribution < 1.29 is 17.6 Å². The number of hydrogen-bond acceptors (Lipinski definition) is 4. The second kappa shape index (κ2) is 9.93. The molecule has 3 aromatic rings. The average Bonchev–Trinajstić information content (AvgIpc) is 2.76. The van der Waals surface area contributed by atoms with Gasteiger partial charge in [-0.25, -0.2) is 12.8 Å². The summed E-state index contributed by atoms with van der Waals surface area (Å²) in [5.74, 6) is -0.723. The highest BCUT2D eigenvalue weighted by Crippen LogP contribution is 2.20. The van der Waals surface area contributed by atoms with Crippen LogP contribution < -0.4 is 10.0 Å². The average molecular weight is 456 g/mol. The van der Waals surface area contributed by atoms with Crippen LogP contribution >= 0.6 is 0 Å². The molecule has 0 fully saturated rings. The van der Waals surface area contributed by atoms with Crippen molar-refractivity contribution in [2.45, 2.75) is 17.9 Å². The molecule has 0 spiro atoms. The molecule has 1 amide bonds. The predicted octanol–water partition coefficient (Wildman–Crippen LogP) is 3.97. The van der Waals surface area contributed by atoms with Crippen molar-refractivity contribution in [3.8, 4) is 0 Å². The fourth-order valence-corrected chi connectivity index (χ4v) is 4.40. The number of nitrogens with one attached hydrogen (secondary N) is 2. The molecule has 2 N–H and O–H groups in total. The van der Waals surface area contributed by atoms with Crippen LogP contribution in [-0.4, -0.2) is 39.9 Å². The van der Waals surface area contributed by atoms with Gasteiger partial charge in [-0.2, -0.15) is 0 Å². The van der Waals surface area contributed by atoms with Gasteiger partial charge in [0.1, 0.15) is 5.82 Å². The van der Waals surface area contributed by atoms with Crippen molar-refractivity contribution in [3.63, 3.8) is 0 Å². The molecule has 0 aliphatic heterocycles. The molecule has 8 heteroatoms. The molecule has 0 radical (unpaired) electrons. The van der Waals surface area contributed by atoms with Crippen LogP contribution in [0.1, 0.15) is 27.5 Å². The predicted molar refractivity (Wildman–Crippen MR) is 124 cm³/mol. The summed E-state index contributed by atoms with van der Waals surface area (Å²) in [4.78, 5) is 14.6. The Morgan fingerprint density at radius 3 is 2.25 bits per heavy atom. The van der Waals surface area contributed by atoms with E-state index < -0.39 is 15.8 Å². The number of hydrogen-bond donors (Lipinski definition) is 2. The Kier molecular flexibility index (Phi) is 7.27. The van der Waals surface area contributed by atoms with E-state index >= 15 is 0 Å². The zero-order chi connectivity index (χ0) is 23.3. The SMILES string of the molecule is Cc1cc(S(=O)(=O)Nc2ccc(C(=O)NCC(c3ccccc3)N(C)C)cc2)ccc1F. The van der Waals surface area contributed by atoms with Gasteiger partial charge in [-0.15, -0.1) is 0 Å². The van der Waals surface area contributed by atoms with Gasteiger partial charge in [0.2, 0.25) is 0 Å². The second-order valence-corrected chi connectivity index (χ2v) is 9.38. The zero-order valence-electron chi connectivity index (χ0n) is 18.2. The highest BCUT2D eigenvalue weighted by molar-refractivity contribution is 7.92. The first-order chi connectivity index (χ1) is 15.2. The van der Waals surface area contributed by atoms with Gasteiger partial charge < -0.3 is 10.2 Å². The molecule has 0 aliphatic rings. The van der Waals surface area contributed by atoms with Gasteiger partial charge in [0.25, 0.3) is 15.9 Å². The molecule has 168 valence electrons. The van der Waals surface area contributed by atoms with E-state index in [0.717, 1.165) is 11.6 Å². The van der Waals surface area contributed by atoms with E-state index in [9.17, 15) is 17.6 Å². The van der Waals surface area contributed by atoms with Crippen LogP contribution in [0.25, 0.3) is 0 Å². The summed E-state index contributed by atoms with van der Waals surface area (Å²) in [7, 11) is 0.0334. The van der Waals surface area contributed by atoms with Gasteiger partial charge in [0.15, 0.2) is 0 Å². The summed E-state index contributed by atoms with van der Waals surface area (Å²) in [5, 5.41) is 2.93. The number of anilines is 1. The first-order valence-electron chi connectivity index (χ1n) is 10.1. The first-order valence-corrected chi connectivity index (χ1v) is 11.5. The van der Waals surface area contributed by atoms with Crippen molar-refractivity contribution in [2.24, 2.45) is 0 Å². The minimum atomic E-state index is -3.87. The quantitative estimate of drug-likeness (QED) is 0.539. The lowest BCUT2D eigenvalue weighted by molar-refractivity contribution is 0.0942. The van der Waals surface area contributed by atoms with E-state index in [4.69, 9.17) is 0 Å². The molecule has 0 aromatic heterocycles. The molecule has 3 aromatic carbocycles. The third-order valence-electron chi connectivity index (χ3n) is 5.10. The minimum absolute atomic E-state index is 0.0189. The maximum absolute atomic E-state index is 13.4. The second-order valence-electron chi connectivity index (χ2n) is 7.69. The van der Waals surface area contributed by atoms with Crippen LogP contribution in [0.15, 0.2) is 77.7 Å². The molecule has 6 nitrogen and oxygen atoms in total. The van der Waals surface area contributed by atoms with E-state index in [-0.39, 0.29) is 22.4 Å². The summed E-state index contributed by atoms with van der Waals surface area (Å²) in [6, 6.07) is 19.6. The number of benzene rings is 3. The Labute approximate surface area is 188 Å². The van der Waals surface area contributed by atoms with Crippen LogP contribution in [0.3, 0.4) is 0 Å². The van der Waals surface area contributed by atoms with Gasteiger partial charge in [-0.3, -0.25) is 9.52 Å². The molecule has 0 saturated heterocycles.